The highest BCUT2D eigenvalue weighted by molar-refractivity contribution is 7.13. The van der Waals surface area contributed by atoms with Crippen LogP contribution in [0.2, 0.25) is 10.0 Å². The van der Waals surface area contributed by atoms with E-state index in [0.717, 1.165) is 5.56 Å². The highest BCUT2D eigenvalue weighted by atomic mass is 35.5. The maximum absolute atomic E-state index is 11.5. The molecule has 1 aliphatic rings. The molecule has 0 spiro atoms. The Morgan fingerprint density at radius 3 is 2.85 bits per heavy atom. The second-order valence-corrected chi connectivity index (χ2v) is 7.24. The van der Waals surface area contributed by atoms with Gasteiger partial charge in [0.15, 0.2) is 6.61 Å². The minimum atomic E-state index is -0.567. The number of ether oxygens (including phenoxy) is 1. The van der Waals surface area contributed by atoms with E-state index in [9.17, 15) is 14.9 Å². The van der Waals surface area contributed by atoms with Crippen molar-refractivity contribution in [2.45, 2.75) is 0 Å². The number of fused-ring (bicyclic) bond motifs is 1. The Morgan fingerprint density at radius 2 is 2.07 bits per heavy atom. The summed E-state index contributed by atoms with van der Waals surface area (Å²) in [7, 11) is 0. The largest absolute Gasteiger partial charge is 0.482 e. The third-order valence-corrected chi connectivity index (χ3v) is 5.45. The lowest BCUT2D eigenvalue weighted by Crippen LogP contribution is -2.25. The van der Waals surface area contributed by atoms with Gasteiger partial charge in [-0.15, -0.1) is 11.3 Å². The van der Waals surface area contributed by atoms with Gasteiger partial charge in [-0.05, 0) is 24.3 Å². The zero-order valence-corrected chi connectivity index (χ0v) is 15.7. The van der Waals surface area contributed by atoms with Crippen molar-refractivity contribution in [3.05, 3.63) is 55.9 Å². The number of carbonyl (C=O) groups excluding carboxylic acids is 1. The van der Waals surface area contributed by atoms with E-state index in [0.29, 0.717) is 27.7 Å². The second kappa shape index (κ2) is 6.80. The molecule has 0 bridgehead atoms. The standard InChI is InChI=1S/C17H9Cl2N3O4S/c18-9-2-3-12(22(24)25)16(19)15(9)17-21-11(7-27-17)8-1-4-13-10(5-8)20-14(23)6-26-13/h1-5,7H,6H2,(H,20,23). The van der Waals surface area contributed by atoms with E-state index in [2.05, 4.69) is 10.3 Å². The summed E-state index contributed by atoms with van der Waals surface area (Å²) in [6.07, 6.45) is 0. The van der Waals surface area contributed by atoms with Crippen molar-refractivity contribution in [1.82, 2.24) is 4.98 Å². The maximum Gasteiger partial charge on any atom is 0.288 e. The van der Waals surface area contributed by atoms with Gasteiger partial charge in [-0.25, -0.2) is 4.98 Å². The Hall–Kier alpha value is -2.68. The van der Waals surface area contributed by atoms with Gasteiger partial charge in [0.05, 0.1) is 26.9 Å². The van der Waals surface area contributed by atoms with Crippen LogP contribution in [0.1, 0.15) is 0 Å². The molecule has 3 aromatic rings. The summed E-state index contributed by atoms with van der Waals surface area (Å²) in [5.74, 6) is 0.354. The molecule has 1 aromatic heterocycles. The van der Waals surface area contributed by atoms with Crippen LogP contribution in [0, 0.1) is 10.1 Å². The first kappa shape index (κ1) is 17.7. The van der Waals surface area contributed by atoms with E-state index in [4.69, 9.17) is 27.9 Å². The van der Waals surface area contributed by atoms with Gasteiger partial charge in [-0.1, -0.05) is 23.2 Å². The van der Waals surface area contributed by atoms with E-state index in [1.54, 1.807) is 17.5 Å². The van der Waals surface area contributed by atoms with Gasteiger partial charge in [0.1, 0.15) is 15.8 Å². The van der Waals surface area contributed by atoms with Crippen LogP contribution < -0.4 is 10.1 Å². The zero-order chi connectivity index (χ0) is 19.1. The Kier molecular flexibility index (Phi) is 4.47. The van der Waals surface area contributed by atoms with Crippen LogP contribution in [-0.2, 0) is 4.79 Å². The topological polar surface area (TPSA) is 94.4 Å². The number of amides is 1. The Bertz CT molecular complexity index is 1100. The van der Waals surface area contributed by atoms with Gasteiger partial charge >= 0.3 is 0 Å². The van der Waals surface area contributed by atoms with Crippen LogP contribution in [0.5, 0.6) is 5.75 Å². The fourth-order valence-electron chi connectivity index (χ4n) is 2.64. The third-order valence-electron chi connectivity index (χ3n) is 3.89. The number of nitrogens with zero attached hydrogens (tertiary/aromatic N) is 2. The average Bonchev–Trinajstić information content (AvgIpc) is 3.10. The number of halogens is 2. The summed E-state index contributed by atoms with van der Waals surface area (Å²) in [6.45, 7) is -0.0169. The third kappa shape index (κ3) is 3.23. The number of nitro benzene ring substituents is 1. The molecule has 0 fully saturated rings. The van der Waals surface area contributed by atoms with E-state index < -0.39 is 4.92 Å². The van der Waals surface area contributed by atoms with Crippen molar-refractivity contribution in [2.75, 3.05) is 11.9 Å². The fourth-order valence-corrected chi connectivity index (χ4v) is 4.27. The number of carbonyl (C=O) groups is 1. The number of anilines is 1. The smallest absolute Gasteiger partial charge is 0.288 e. The quantitative estimate of drug-likeness (QED) is 0.472. The van der Waals surface area contributed by atoms with Crippen LogP contribution in [0.3, 0.4) is 0 Å². The Labute approximate surface area is 166 Å². The summed E-state index contributed by atoms with van der Waals surface area (Å²) in [5.41, 5.74) is 2.01. The fraction of sp³-hybridized carbons (Fsp3) is 0.0588. The lowest BCUT2D eigenvalue weighted by molar-refractivity contribution is -0.384. The number of rotatable bonds is 3. The lowest BCUT2D eigenvalue weighted by Gasteiger charge is -2.18. The highest BCUT2D eigenvalue weighted by Gasteiger charge is 2.23. The molecule has 27 heavy (non-hydrogen) atoms. The number of hydrogen-bond donors (Lipinski definition) is 1. The van der Waals surface area contributed by atoms with Crippen molar-refractivity contribution < 1.29 is 14.5 Å². The molecule has 0 atom stereocenters. The van der Waals surface area contributed by atoms with Crippen molar-refractivity contribution in [1.29, 1.82) is 0 Å². The molecule has 1 amide bonds. The summed E-state index contributed by atoms with van der Waals surface area (Å²) in [4.78, 5) is 26.6. The second-order valence-electron chi connectivity index (χ2n) is 5.60. The van der Waals surface area contributed by atoms with Crippen molar-refractivity contribution in [3.63, 3.8) is 0 Å². The molecule has 7 nitrogen and oxygen atoms in total. The summed E-state index contributed by atoms with van der Waals surface area (Å²) >= 11 is 13.7. The first-order chi connectivity index (χ1) is 12.9. The van der Waals surface area contributed by atoms with Crippen LogP contribution in [0.15, 0.2) is 35.7 Å². The monoisotopic (exact) mass is 421 g/mol. The van der Waals surface area contributed by atoms with Gasteiger partial charge < -0.3 is 10.1 Å². The first-order valence-corrected chi connectivity index (χ1v) is 9.23. The molecule has 0 saturated heterocycles. The molecule has 0 saturated carbocycles. The summed E-state index contributed by atoms with van der Waals surface area (Å²) < 4.78 is 5.34. The maximum atomic E-state index is 11.5. The molecule has 1 N–H and O–H groups in total. The van der Waals surface area contributed by atoms with Crippen LogP contribution in [0.4, 0.5) is 11.4 Å². The molecule has 0 aliphatic carbocycles. The normalized spacial score (nSPS) is 12.9. The van der Waals surface area contributed by atoms with Crippen LogP contribution in [-0.4, -0.2) is 22.4 Å². The average molecular weight is 422 g/mol. The number of nitrogens with one attached hydrogen (secondary N) is 1. The van der Waals surface area contributed by atoms with E-state index in [1.165, 1.54) is 23.5 Å². The van der Waals surface area contributed by atoms with Crippen molar-refractivity contribution >= 4 is 51.8 Å². The molecule has 1 aliphatic heterocycles. The minimum Gasteiger partial charge on any atom is -0.482 e. The molecular formula is C17H9Cl2N3O4S. The zero-order valence-electron chi connectivity index (χ0n) is 13.4. The lowest BCUT2D eigenvalue weighted by atomic mass is 10.1. The number of aromatic nitrogens is 1. The number of nitro groups is 1. The van der Waals surface area contributed by atoms with Gasteiger partial charge in [-0.3, -0.25) is 14.9 Å². The minimum absolute atomic E-state index is 0.0169. The van der Waals surface area contributed by atoms with Crippen LogP contribution in [0.25, 0.3) is 21.8 Å². The number of benzene rings is 2. The van der Waals surface area contributed by atoms with Gasteiger partial charge in [-0.2, -0.15) is 0 Å². The predicted octanol–water partition coefficient (Wildman–Crippen LogP) is 5.02. The summed E-state index contributed by atoms with van der Waals surface area (Å²) in [5, 5.41) is 16.3. The highest BCUT2D eigenvalue weighted by Crippen LogP contribution is 2.42. The molecule has 2 heterocycles. The van der Waals surface area contributed by atoms with Crippen molar-refractivity contribution in [2.24, 2.45) is 0 Å². The van der Waals surface area contributed by atoms with E-state index >= 15 is 0 Å². The molecular weight excluding hydrogens is 413 g/mol. The molecule has 10 heteroatoms. The summed E-state index contributed by atoms with van der Waals surface area (Å²) in [6, 6.07) is 7.99. The molecule has 0 radical (unpaired) electrons. The van der Waals surface area contributed by atoms with Gasteiger partial charge in [0.2, 0.25) is 0 Å². The number of thiazole rings is 1. The van der Waals surface area contributed by atoms with Gasteiger partial charge in [0, 0.05) is 17.0 Å². The van der Waals surface area contributed by atoms with E-state index in [1.807, 2.05) is 6.07 Å². The van der Waals surface area contributed by atoms with E-state index in [-0.39, 0.29) is 28.2 Å². The molecule has 136 valence electrons. The Balaban J connectivity index is 1.75. The molecule has 2 aromatic carbocycles. The molecule has 0 unspecified atom stereocenters. The number of hydrogen-bond acceptors (Lipinski definition) is 6. The SMILES string of the molecule is O=C1COc2ccc(-c3csc(-c4c(Cl)ccc([N+](=O)[O-])c4Cl)n3)cc2N1. The Morgan fingerprint density at radius 1 is 1.26 bits per heavy atom. The predicted molar refractivity (Wildman–Crippen MR) is 104 cm³/mol. The van der Waals surface area contributed by atoms with Crippen molar-refractivity contribution in [3.8, 4) is 27.6 Å². The van der Waals surface area contributed by atoms with Gasteiger partial charge in [0.25, 0.3) is 11.6 Å². The van der Waals surface area contributed by atoms with Crippen LogP contribution >= 0.6 is 34.5 Å². The first-order valence-electron chi connectivity index (χ1n) is 7.59. The molecule has 4 rings (SSSR count).